The first-order valence-electron chi connectivity index (χ1n) is 9.45. The van der Waals surface area contributed by atoms with E-state index in [1.165, 1.54) is 11.9 Å². The van der Waals surface area contributed by atoms with Crippen LogP contribution in [0.15, 0.2) is 0 Å². The Morgan fingerprint density at radius 2 is 1.40 bits per heavy atom. The maximum absolute atomic E-state index is 14.0. The summed E-state index contributed by atoms with van der Waals surface area (Å²) in [4.78, 5) is 11.6. The van der Waals surface area contributed by atoms with Crippen LogP contribution in [0.4, 0.5) is 52.7 Å². The number of carboxylic acid groups (broad SMARTS) is 1. The van der Waals surface area contributed by atoms with Crippen molar-refractivity contribution in [2.45, 2.75) is 55.8 Å². The van der Waals surface area contributed by atoms with E-state index in [0.29, 0.717) is 0 Å². The molecule has 0 spiro atoms. The molecule has 1 N–H and O–H groups in total. The number of sulfonamides is 1. The molecule has 0 aliphatic carbocycles. The minimum absolute atomic E-state index is 0.00329. The molecule has 0 fully saturated rings. The zero-order chi connectivity index (χ0) is 28.1. The van der Waals surface area contributed by atoms with Gasteiger partial charge in [0.15, 0.2) is 0 Å². The Kier molecular flexibility index (Phi) is 11.2. The number of carboxylic acids is 1. The van der Waals surface area contributed by atoms with E-state index in [4.69, 9.17) is 0 Å². The molecule has 0 amide bonds. The molecule has 0 aromatic carbocycles. The SMILES string of the molecule is CN(CCCNS(=O)(=O)CCC(F)(F)CC(CC(F)(C(F)(F)F)C(F)(F)F)C(F)(F)F)CC(=O)[O-]. The zero-order valence-corrected chi connectivity index (χ0v) is 18.6. The number of likely N-dealkylation sites (N-methyl/N-ethyl adjacent to an activating group) is 1. The maximum atomic E-state index is 14.0. The Bertz CT molecular complexity index is 782. The number of nitrogens with zero attached hydrogens (tertiary/aromatic N) is 1. The van der Waals surface area contributed by atoms with Gasteiger partial charge in [0.25, 0.3) is 5.67 Å². The second kappa shape index (κ2) is 11.7. The van der Waals surface area contributed by atoms with Crippen molar-refractivity contribution in [3.8, 4) is 0 Å². The first kappa shape index (κ1) is 33.5. The lowest BCUT2D eigenvalue weighted by molar-refractivity contribution is -0.353. The Balaban J connectivity index is 5.24. The smallest absolute Gasteiger partial charge is 0.431 e. The summed E-state index contributed by atoms with van der Waals surface area (Å²) < 4.78 is 181. The molecule has 0 aromatic heterocycles. The fourth-order valence-electron chi connectivity index (χ4n) is 2.73. The van der Waals surface area contributed by atoms with Crippen molar-refractivity contribution in [2.75, 3.05) is 32.4 Å². The van der Waals surface area contributed by atoms with Crippen LogP contribution in [0, 0.1) is 5.92 Å². The van der Waals surface area contributed by atoms with Crippen LogP contribution in [-0.2, 0) is 14.8 Å². The van der Waals surface area contributed by atoms with E-state index in [9.17, 15) is 71.0 Å². The highest BCUT2D eigenvalue weighted by Crippen LogP contribution is 2.53. The van der Waals surface area contributed by atoms with Gasteiger partial charge >= 0.3 is 18.5 Å². The van der Waals surface area contributed by atoms with Crippen molar-refractivity contribution in [1.29, 1.82) is 0 Å². The largest absolute Gasteiger partial charge is 0.549 e. The second-order valence-corrected chi connectivity index (χ2v) is 9.65. The number of hydrogen-bond donors (Lipinski definition) is 1. The Labute approximate surface area is 191 Å². The third-order valence-electron chi connectivity index (χ3n) is 4.61. The monoisotopic (exact) mass is 565 g/mol. The van der Waals surface area contributed by atoms with Crippen molar-refractivity contribution in [3.63, 3.8) is 0 Å². The molecule has 1 unspecified atom stereocenters. The molecule has 0 saturated heterocycles. The molecule has 35 heavy (non-hydrogen) atoms. The fraction of sp³-hybridized carbons (Fsp3) is 0.938. The lowest BCUT2D eigenvalue weighted by Gasteiger charge is -2.34. The minimum atomic E-state index is -6.90. The quantitative estimate of drug-likeness (QED) is 0.259. The van der Waals surface area contributed by atoms with Gasteiger partial charge in [-0.05, 0) is 20.0 Å². The molecule has 210 valence electrons. The first-order chi connectivity index (χ1) is 15.3. The molecule has 0 rings (SSSR count). The van der Waals surface area contributed by atoms with Gasteiger partial charge in [0.2, 0.25) is 15.9 Å². The molecule has 0 bridgehead atoms. The van der Waals surface area contributed by atoms with Crippen LogP contribution >= 0.6 is 0 Å². The van der Waals surface area contributed by atoms with Gasteiger partial charge in [0, 0.05) is 32.4 Å². The van der Waals surface area contributed by atoms with Crippen molar-refractivity contribution in [2.24, 2.45) is 5.92 Å². The third-order valence-corrected chi connectivity index (χ3v) is 5.99. The Morgan fingerprint density at radius 1 is 0.914 bits per heavy atom. The number of halogens is 12. The molecule has 0 aromatic rings. The van der Waals surface area contributed by atoms with Crippen LogP contribution in [0.2, 0.25) is 0 Å². The van der Waals surface area contributed by atoms with Crippen molar-refractivity contribution < 1.29 is 71.0 Å². The standard InChI is InChI=1S/C16H22F12N2O4S/c1-30(9-11(31)32)5-2-4-29-35(33,34)6-3-12(17,18)7-10(14(20,21)22)8-13(19,15(23,24)25)16(26,27)28/h10,29H,2-9H2,1H3,(H,31,32)/p-1. The topological polar surface area (TPSA) is 89.5 Å². The summed E-state index contributed by atoms with van der Waals surface area (Å²) in [5, 5.41) is 10.4. The highest BCUT2D eigenvalue weighted by molar-refractivity contribution is 7.89. The van der Waals surface area contributed by atoms with Gasteiger partial charge in [-0.2, -0.15) is 39.5 Å². The number of nitrogens with one attached hydrogen (secondary N) is 1. The second-order valence-electron chi connectivity index (χ2n) is 7.73. The number of hydrogen-bond acceptors (Lipinski definition) is 5. The Morgan fingerprint density at radius 3 is 1.80 bits per heavy atom. The summed E-state index contributed by atoms with van der Waals surface area (Å²) in [7, 11) is -3.26. The normalized spacial score (nSPS) is 15.5. The number of carbonyl (C=O) groups excluding carboxylic acids is 1. The van der Waals surface area contributed by atoms with E-state index in [1.807, 2.05) is 0 Å². The molecule has 6 nitrogen and oxygen atoms in total. The molecule has 19 heteroatoms. The van der Waals surface area contributed by atoms with Gasteiger partial charge < -0.3 is 14.8 Å². The van der Waals surface area contributed by atoms with Crippen molar-refractivity contribution in [3.05, 3.63) is 0 Å². The maximum Gasteiger partial charge on any atom is 0.431 e. The lowest BCUT2D eigenvalue weighted by atomic mass is 9.86. The van der Waals surface area contributed by atoms with Crippen LogP contribution in [0.5, 0.6) is 0 Å². The summed E-state index contributed by atoms with van der Waals surface area (Å²) in [6.07, 6.45) is -28.0. The van der Waals surface area contributed by atoms with Gasteiger partial charge in [0.05, 0.1) is 17.6 Å². The summed E-state index contributed by atoms with van der Waals surface area (Å²) >= 11 is 0. The highest BCUT2D eigenvalue weighted by Gasteiger charge is 2.74. The highest BCUT2D eigenvalue weighted by atomic mass is 32.2. The molecule has 0 aliphatic heterocycles. The van der Waals surface area contributed by atoms with E-state index in [-0.39, 0.29) is 13.0 Å². The third kappa shape index (κ3) is 11.4. The molecular formula is C16H21F12N2O4S-. The van der Waals surface area contributed by atoms with E-state index in [1.54, 1.807) is 4.72 Å². The fourth-order valence-corrected chi connectivity index (χ4v) is 3.90. The summed E-state index contributed by atoms with van der Waals surface area (Å²) in [5.74, 6) is -11.8. The summed E-state index contributed by atoms with van der Waals surface area (Å²) in [6, 6.07) is 0. The van der Waals surface area contributed by atoms with E-state index < -0.39 is 90.1 Å². The summed E-state index contributed by atoms with van der Waals surface area (Å²) in [5.41, 5.74) is -6.44. The van der Waals surface area contributed by atoms with Crippen LogP contribution < -0.4 is 9.83 Å². The predicted octanol–water partition coefficient (Wildman–Crippen LogP) is 2.79. The van der Waals surface area contributed by atoms with Crippen molar-refractivity contribution in [1.82, 2.24) is 9.62 Å². The number of rotatable bonds is 14. The average molecular weight is 565 g/mol. The summed E-state index contributed by atoms with van der Waals surface area (Å²) in [6.45, 7) is -0.927. The van der Waals surface area contributed by atoms with E-state index in [0.717, 1.165) is 0 Å². The van der Waals surface area contributed by atoms with E-state index >= 15 is 0 Å². The van der Waals surface area contributed by atoms with Gasteiger partial charge in [-0.1, -0.05) is 0 Å². The minimum Gasteiger partial charge on any atom is -0.549 e. The predicted molar refractivity (Wildman–Crippen MR) is 93.2 cm³/mol. The molecule has 0 aliphatic rings. The van der Waals surface area contributed by atoms with E-state index in [2.05, 4.69) is 0 Å². The Hall–Kier alpha value is -1.50. The lowest BCUT2D eigenvalue weighted by Crippen LogP contribution is -2.55. The van der Waals surface area contributed by atoms with Crippen LogP contribution in [0.3, 0.4) is 0 Å². The molecule has 0 heterocycles. The molecular weight excluding hydrogens is 544 g/mol. The van der Waals surface area contributed by atoms with Gasteiger partial charge in [0.1, 0.15) is 0 Å². The first-order valence-corrected chi connectivity index (χ1v) is 11.1. The van der Waals surface area contributed by atoms with Crippen LogP contribution in [-0.4, -0.2) is 81.8 Å². The van der Waals surface area contributed by atoms with Crippen molar-refractivity contribution >= 4 is 16.0 Å². The van der Waals surface area contributed by atoms with Crippen LogP contribution in [0.1, 0.15) is 25.7 Å². The van der Waals surface area contributed by atoms with Gasteiger partial charge in [-0.25, -0.2) is 26.3 Å². The average Bonchev–Trinajstić information content (AvgIpc) is 2.60. The number of alkyl halides is 12. The molecule has 0 radical (unpaired) electrons. The van der Waals surface area contributed by atoms with Crippen LogP contribution in [0.25, 0.3) is 0 Å². The number of carbonyl (C=O) groups is 1. The zero-order valence-electron chi connectivity index (χ0n) is 17.8. The molecule has 0 saturated carbocycles. The van der Waals surface area contributed by atoms with Gasteiger partial charge in [-0.3, -0.25) is 0 Å². The number of aliphatic carboxylic acids is 1. The van der Waals surface area contributed by atoms with Gasteiger partial charge in [-0.15, -0.1) is 0 Å². The molecule has 1 atom stereocenters.